The number of esters is 2. The predicted octanol–water partition coefficient (Wildman–Crippen LogP) is 12.4. The molecule has 0 saturated heterocycles. The lowest BCUT2D eigenvalue weighted by molar-refractivity contribution is -0.161. The van der Waals surface area contributed by atoms with E-state index in [2.05, 4.69) is 105 Å². The Labute approximate surface area is 346 Å². The van der Waals surface area contributed by atoms with Gasteiger partial charge >= 0.3 is 19.8 Å². The number of unbranched alkanes of at least 4 members (excludes halogenated alkanes) is 7. The summed E-state index contributed by atoms with van der Waals surface area (Å²) in [6.07, 6.45) is 55.7. The van der Waals surface area contributed by atoms with Crippen molar-refractivity contribution in [1.29, 1.82) is 0 Å². The van der Waals surface area contributed by atoms with Crippen LogP contribution in [0.2, 0.25) is 0 Å². The zero-order valence-corrected chi connectivity index (χ0v) is 36.2. The van der Waals surface area contributed by atoms with Crippen LogP contribution in [0.5, 0.6) is 0 Å². The molecule has 2 atom stereocenters. The van der Waals surface area contributed by atoms with Crippen LogP contribution in [0.3, 0.4) is 0 Å². The summed E-state index contributed by atoms with van der Waals surface area (Å²) in [5, 5.41) is 0. The fourth-order valence-electron chi connectivity index (χ4n) is 5.03. The van der Waals surface area contributed by atoms with Crippen molar-refractivity contribution in [2.75, 3.05) is 26.4 Å². The van der Waals surface area contributed by atoms with Crippen LogP contribution in [0, 0.1) is 0 Å². The molecule has 3 N–H and O–H groups in total. The topological polar surface area (TPSA) is 134 Å². The molecule has 0 spiro atoms. The Bertz CT molecular complexity index is 1290. The minimum atomic E-state index is -4.42. The molecule has 0 saturated carbocycles. The van der Waals surface area contributed by atoms with Crippen LogP contribution in [-0.4, -0.2) is 49.3 Å². The Morgan fingerprint density at radius 1 is 0.544 bits per heavy atom. The Morgan fingerprint density at radius 3 is 1.51 bits per heavy atom. The maximum atomic E-state index is 12.5. The van der Waals surface area contributed by atoms with Gasteiger partial charge in [-0.3, -0.25) is 18.6 Å². The highest BCUT2D eigenvalue weighted by Gasteiger charge is 2.25. The van der Waals surface area contributed by atoms with Crippen LogP contribution in [0.4, 0.5) is 0 Å². The molecule has 0 rings (SSSR count). The molecule has 0 aliphatic heterocycles. The van der Waals surface area contributed by atoms with Crippen LogP contribution in [0.15, 0.2) is 109 Å². The van der Waals surface area contributed by atoms with Gasteiger partial charge < -0.3 is 20.1 Å². The maximum Gasteiger partial charge on any atom is 0.472 e. The maximum absolute atomic E-state index is 12.5. The molecule has 0 aromatic carbocycles. The summed E-state index contributed by atoms with van der Waals surface area (Å²) in [5.41, 5.74) is 5.34. The second-order valence-electron chi connectivity index (χ2n) is 13.5. The summed E-state index contributed by atoms with van der Waals surface area (Å²) in [7, 11) is -4.42. The van der Waals surface area contributed by atoms with Gasteiger partial charge in [0.15, 0.2) is 6.10 Å². The summed E-state index contributed by atoms with van der Waals surface area (Å²) in [5.74, 6) is -1.00. The van der Waals surface area contributed by atoms with Crippen molar-refractivity contribution in [3.63, 3.8) is 0 Å². The van der Waals surface area contributed by atoms with Crippen LogP contribution in [0.25, 0.3) is 0 Å². The van der Waals surface area contributed by atoms with E-state index in [1.54, 1.807) is 0 Å². The van der Waals surface area contributed by atoms with E-state index in [0.29, 0.717) is 12.8 Å². The molecule has 0 amide bonds. The first-order chi connectivity index (χ1) is 27.8. The van der Waals surface area contributed by atoms with Gasteiger partial charge in [0, 0.05) is 19.4 Å². The molecular formula is C47H76NO8P. The summed E-state index contributed by atoms with van der Waals surface area (Å²) in [6.45, 7) is 3.43. The van der Waals surface area contributed by atoms with E-state index in [1.807, 2.05) is 18.2 Å². The first kappa shape index (κ1) is 53.7. The van der Waals surface area contributed by atoms with E-state index in [1.165, 1.54) is 38.5 Å². The first-order valence-corrected chi connectivity index (χ1v) is 22.9. The molecule has 10 heteroatoms. The SMILES string of the molecule is CCC=CCC=CCC=CCC=CCC=CCC=CCCC(=O)OC(COC(=O)CCCC=CCC=CCC=CCCCCCCCC)COP(=O)(O)OCCN. The molecule has 0 aromatic heterocycles. The fourth-order valence-corrected chi connectivity index (χ4v) is 5.79. The largest absolute Gasteiger partial charge is 0.472 e. The Morgan fingerprint density at radius 2 is 1.00 bits per heavy atom. The highest BCUT2D eigenvalue weighted by atomic mass is 31.2. The number of phosphoric acid groups is 1. The number of rotatable bonds is 38. The summed E-state index contributed by atoms with van der Waals surface area (Å²) < 4.78 is 32.6. The molecule has 0 heterocycles. The van der Waals surface area contributed by atoms with Gasteiger partial charge in [-0.25, -0.2) is 4.57 Å². The van der Waals surface area contributed by atoms with Gasteiger partial charge in [0.05, 0.1) is 13.2 Å². The second-order valence-corrected chi connectivity index (χ2v) is 14.9. The number of allylic oxidation sites excluding steroid dienone is 18. The minimum absolute atomic E-state index is 0.0292. The van der Waals surface area contributed by atoms with Gasteiger partial charge in [-0.1, -0.05) is 155 Å². The van der Waals surface area contributed by atoms with Crippen LogP contribution in [-0.2, 0) is 32.7 Å². The minimum Gasteiger partial charge on any atom is -0.462 e. The first-order valence-electron chi connectivity index (χ1n) is 21.4. The molecule has 2 unspecified atom stereocenters. The highest BCUT2D eigenvalue weighted by molar-refractivity contribution is 7.47. The summed E-state index contributed by atoms with van der Waals surface area (Å²) >= 11 is 0. The smallest absolute Gasteiger partial charge is 0.462 e. The van der Waals surface area contributed by atoms with E-state index in [9.17, 15) is 19.0 Å². The zero-order valence-electron chi connectivity index (χ0n) is 35.3. The molecule has 0 aliphatic rings. The van der Waals surface area contributed by atoms with Crippen molar-refractivity contribution in [2.45, 2.75) is 148 Å². The number of ether oxygens (including phenoxy) is 2. The van der Waals surface area contributed by atoms with Crippen molar-refractivity contribution in [3.8, 4) is 0 Å². The molecular weight excluding hydrogens is 737 g/mol. The number of phosphoric ester groups is 1. The zero-order chi connectivity index (χ0) is 41.8. The van der Waals surface area contributed by atoms with E-state index in [0.717, 1.165) is 64.2 Å². The lowest BCUT2D eigenvalue weighted by Gasteiger charge is -2.19. The third-order valence-electron chi connectivity index (χ3n) is 8.16. The molecule has 0 aliphatic carbocycles. The summed E-state index contributed by atoms with van der Waals surface area (Å²) in [6, 6.07) is 0. The lowest BCUT2D eigenvalue weighted by atomic mass is 10.1. The molecule has 0 fully saturated rings. The lowest BCUT2D eigenvalue weighted by Crippen LogP contribution is -2.29. The number of hydrogen-bond donors (Lipinski definition) is 2. The quantitative estimate of drug-likeness (QED) is 0.0270. The number of hydrogen-bond acceptors (Lipinski definition) is 8. The molecule has 322 valence electrons. The van der Waals surface area contributed by atoms with E-state index >= 15 is 0 Å². The van der Waals surface area contributed by atoms with Crippen LogP contribution >= 0.6 is 7.82 Å². The van der Waals surface area contributed by atoms with E-state index in [4.69, 9.17) is 24.3 Å². The van der Waals surface area contributed by atoms with Crippen molar-refractivity contribution in [3.05, 3.63) is 109 Å². The molecule has 0 radical (unpaired) electrons. The average molecular weight is 814 g/mol. The van der Waals surface area contributed by atoms with Gasteiger partial charge in [-0.2, -0.15) is 0 Å². The summed E-state index contributed by atoms with van der Waals surface area (Å²) in [4.78, 5) is 34.8. The van der Waals surface area contributed by atoms with Gasteiger partial charge in [0.25, 0.3) is 0 Å². The highest BCUT2D eigenvalue weighted by Crippen LogP contribution is 2.43. The van der Waals surface area contributed by atoms with Crippen LogP contribution in [0.1, 0.15) is 142 Å². The second kappa shape index (κ2) is 42.3. The fraction of sp³-hybridized carbons (Fsp3) is 0.574. The standard InChI is InChI=1S/C47H76NO8P/c1-3-5-7-9-11-13-15-17-19-21-22-24-26-28-30-32-34-36-38-40-47(50)56-45(44-55-57(51,52)54-42-41-48)43-53-46(49)39-37-35-33-31-29-27-25-23-20-18-16-14-12-10-8-6-4-2/h5,7,11,13,17-20,22,24-25,27-28,30-31,33-34,36,45H,3-4,6,8-10,12,14-16,21,23,26,29,32,35,37-44,48H2,1-2H3,(H,51,52). The monoisotopic (exact) mass is 814 g/mol. The van der Waals surface area contributed by atoms with Crippen molar-refractivity contribution < 1.29 is 37.6 Å². The Kier molecular flexibility index (Phi) is 39.8. The van der Waals surface area contributed by atoms with Crippen molar-refractivity contribution >= 4 is 19.8 Å². The molecule has 57 heavy (non-hydrogen) atoms. The predicted molar refractivity (Wildman–Crippen MR) is 238 cm³/mol. The van der Waals surface area contributed by atoms with Gasteiger partial charge in [0.1, 0.15) is 6.61 Å². The number of nitrogens with two attached hydrogens (primary N) is 1. The molecule has 0 aromatic rings. The molecule has 0 bridgehead atoms. The third-order valence-corrected chi connectivity index (χ3v) is 9.14. The normalized spacial score (nSPS) is 14.4. The van der Waals surface area contributed by atoms with E-state index < -0.39 is 32.5 Å². The number of carbonyl (C=O) groups excluding carboxylic acids is 2. The van der Waals surface area contributed by atoms with Crippen LogP contribution < -0.4 is 5.73 Å². The third kappa shape index (κ3) is 42.1. The van der Waals surface area contributed by atoms with Crippen molar-refractivity contribution in [2.24, 2.45) is 5.73 Å². The Hall–Kier alpha value is -3.33. The van der Waals surface area contributed by atoms with Gasteiger partial charge in [0.2, 0.25) is 0 Å². The Balaban J connectivity index is 4.40. The van der Waals surface area contributed by atoms with Gasteiger partial charge in [-0.05, 0) is 83.5 Å². The average Bonchev–Trinajstić information content (AvgIpc) is 3.20. The van der Waals surface area contributed by atoms with Crippen molar-refractivity contribution in [1.82, 2.24) is 0 Å². The van der Waals surface area contributed by atoms with E-state index in [-0.39, 0.29) is 32.6 Å². The molecule has 9 nitrogen and oxygen atoms in total. The van der Waals surface area contributed by atoms with Gasteiger partial charge in [-0.15, -0.1) is 0 Å². The number of carbonyl (C=O) groups is 2.